The van der Waals surface area contributed by atoms with E-state index in [4.69, 9.17) is 4.74 Å². The molecule has 1 atom stereocenters. The zero-order valence-corrected chi connectivity index (χ0v) is 11.5. The van der Waals surface area contributed by atoms with Crippen LogP contribution in [0.5, 0.6) is 0 Å². The molecule has 1 fully saturated rings. The molecule has 0 aromatic heterocycles. The van der Waals surface area contributed by atoms with E-state index in [0.29, 0.717) is 0 Å². The number of ether oxygens (including phenoxy) is 1. The number of hydrogen-bond acceptors (Lipinski definition) is 4. The summed E-state index contributed by atoms with van der Waals surface area (Å²) < 4.78 is 5.76. The normalized spacial score (nSPS) is 22.4. The van der Waals surface area contributed by atoms with Crippen LogP contribution >= 0.6 is 0 Å². The van der Waals surface area contributed by atoms with E-state index in [2.05, 4.69) is 15.6 Å². The molecule has 1 aliphatic rings. The molecule has 0 saturated carbocycles. The maximum Gasteiger partial charge on any atom is 0.213 e. The lowest BCUT2D eigenvalue weighted by molar-refractivity contribution is 0.271. The summed E-state index contributed by atoms with van der Waals surface area (Å²) in [5.41, 5.74) is 2.19. The van der Waals surface area contributed by atoms with Gasteiger partial charge in [-0.1, -0.05) is 0 Å². The first kappa shape index (κ1) is 14.0. The Morgan fingerprint density at radius 3 is 2.76 bits per heavy atom. The standard InChI is InChI=1S/C13H25N3O/c1-10(11(2)14-3)13(15-4)17-8-6-12-5-7-16-9-12/h12,14,16H,5-9H2,1-4H3/b11-10+,15-13+. The van der Waals surface area contributed by atoms with E-state index in [1.54, 1.807) is 7.05 Å². The molecule has 0 aromatic rings. The molecule has 2 N–H and O–H groups in total. The summed E-state index contributed by atoms with van der Waals surface area (Å²) in [5, 5.41) is 6.49. The monoisotopic (exact) mass is 239 g/mol. The first-order chi connectivity index (χ1) is 8.19. The second-order valence-corrected chi connectivity index (χ2v) is 4.52. The smallest absolute Gasteiger partial charge is 0.213 e. The minimum absolute atomic E-state index is 0.753. The fourth-order valence-electron chi connectivity index (χ4n) is 1.97. The molecule has 0 amide bonds. The van der Waals surface area contributed by atoms with E-state index in [1.165, 1.54) is 6.42 Å². The van der Waals surface area contributed by atoms with Crippen LogP contribution in [0.4, 0.5) is 0 Å². The summed E-state index contributed by atoms with van der Waals surface area (Å²) in [6.07, 6.45) is 2.38. The molecule has 0 spiro atoms. The quantitative estimate of drug-likeness (QED) is 0.565. The fourth-order valence-corrected chi connectivity index (χ4v) is 1.97. The van der Waals surface area contributed by atoms with E-state index in [-0.39, 0.29) is 0 Å². The summed E-state index contributed by atoms with van der Waals surface area (Å²) in [6, 6.07) is 0. The first-order valence-electron chi connectivity index (χ1n) is 6.35. The minimum atomic E-state index is 0.753. The van der Waals surface area contributed by atoms with E-state index in [9.17, 15) is 0 Å². The summed E-state index contributed by atoms with van der Waals surface area (Å²) >= 11 is 0. The largest absolute Gasteiger partial charge is 0.478 e. The molecule has 0 radical (unpaired) electrons. The van der Waals surface area contributed by atoms with Crippen molar-refractivity contribution in [2.75, 3.05) is 33.8 Å². The van der Waals surface area contributed by atoms with Crippen molar-refractivity contribution in [3.05, 3.63) is 11.3 Å². The zero-order chi connectivity index (χ0) is 12.7. The van der Waals surface area contributed by atoms with Gasteiger partial charge in [-0.15, -0.1) is 0 Å². The number of rotatable bonds is 5. The van der Waals surface area contributed by atoms with E-state index < -0.39 is 0 Å². The SMILES string of the molecule is C/N=C(OCCC1CCNC1)\C(C)=C(/C)NC. The van der Waals surface area contributed by atoms with Crippen molar-refractivity contribution in [2.45, 2.75) is 26.7 Å². The number of aliphatic imine (C=N–C) groups is 1. The van der Waals surface area contributed by atoms with Crippen LogP contribution < -0.4 is 10.6 Å². The van der Waals surface area contributed by atoms with Crippen molar-refractivity contribution in [3.63, 3.8) is 0 Å². The zero-order valence-electron chi connectivity index (χ0n) is 11.5. The second kappa shape index (κ2) is 7.33. The fraction of sp³-hybridized carbons (Fsp3) is 0.769. The molecule has 1 unspecified atom stereocenters. The molecule has 4 heteroatoms. The Morgan fingerprint density at radius 1 is 1.47 bits per heavy atom. The minimum Gasteiger partial charge on any atom is -0.478 e. The van der Waals surface area contributed by atoms with Crippen LogP contribution in [0.15, 0.2) is 16.3 Å². The van der Waals surface area contributed by atoms with Crippen molar-refractivity contribution < 1.29 is 4.74 Å². The van der Waals surface area contributed by atoms with Crippen molar-refractivity contribution in [1.82, 2.24) is 10.6 Å². The summed E-state index contributed by atoms with van der Waals surface area (Å²) in [6.45, 7) is 7.10. The molecular weight excluding hydrogens is 214 g/mol. The molecule has 1 rings (SSSR count). The van der Waals surface area contributed by atoms with Crippen LogP contribution in [0.25, 0.3) is 0 Å². The van der Waals surface area contributed by atoms with Crippen LogP contribution in [0, 0.1) is 5.92 Å². The Kier molecular flexibility index (Phi) is 6.05. The molecule has 1 heterocycles. The first-order valence-corrected chi connectivity index (χ1v) is 6.35. The molecule has 17 heavy (non-hydrogen) atoms. The summed E-state index contributed by atoms with van der Waals surface area (Å²) in [5.74, 6) is 1.52. The number of allylic oxidation sites excluding steroid dienone is 1. The van der Waals surface area contributed by atoms with Crippen LogP contribution in [-0.4, -0.2) is 39.7 Å². The Bertz CT molecular complexity index is 291. The Labute approximate surface area is 105 Å². The number of hydrogen-bond donors (Lipinski definition) is 2. The van der Waals surface area contributed by atoms with Gasteiger partial charge in [0, 0.05) is 25.4 Å². The van der Waals surface area contributed by atoms with Crippen molar-refractivity contribution >= 4 is 5.90 Å². The van der Waals surface area contributed by atoms with Gasteiger partial charge in [0.15, 0.2) is 0 Å². The van der Waals surface area contributed by atoms with Gasteiger partial charge in [-0.25, -0.2) is 0 Å². The predicted molar refractivity (Wildman–Crippen MR) is 72.3 cm³/mol. The van der Waals surface area contributed by atoms with Crippen LogP contribution in [0.2, 0.25) is 0 Å². The van der Waals surface area contributed by atoms with Crippen LogP contribution in [0.1, 0.15) is 26.7 Å². The Morgan fingerprint density at radius 2 is 2.24 bits per heavy atom. The third-order valence-corrected chi connectivity index (χ3v) is 3.39. The third kappa shape index (κ3) is 4.38. The van der Waals surface area contributed by atoms with Gasteiger partial charge >= 0.3 is 0 Å². The highest BCUT2D eigenvalue weighted by molar-refractivity contribution is 5.93. The lowest BCUT2D eigenvalue weighted by Crippen LogP contribution is -2.16. The van der Waals surface area contributed by atoms with Crippen molar-refractivity contribution in [3.8, 4) is 0 Å². The molecule has 0 aromatic carbocycles. The van der Waals surface area contributed by atoms with Crippen LogP contribution in [0.3, 0.4) is 0 Å². The summed E-state index contributed by atoms with van der Waals surface area (Å²) in [7, 11) is 3.69. The maximum absolute atomic E-state index is 5.76. The predicted octanol–water partition coefficient (Wildman–Crippen LogP) is 1.54. The average Bonchev–Trinajstić information content (AvgIpc) is 2.86. The van der Waals surface area contributed by atoms with E-state index >= 15 is 0 Å². The molecule has 1 aliphatic heterocycles. The second-order valence-electron chi connectivity index (χ2n) is 4.52. The molecule has 0 bridgehead atoms. The van der Waals surface area contributed by atoms with Gasteiger partial charge in [0.2, 0.25) is 5.90 Å². The van der Waals surface area contributed by atoms with Crippen molar-refractivity contribution in [2.24, 2.45) is 10.9 Å². The van der Waals surface area contributed by atoms with Gasteiger partial charge in [0.1, 0.15) is 0 Å². The maximum atomic E-state index is 5.76. The highest BCUT2D eigenvalue weighted by Crippen LogP contribution is 2.13. The molecule has 4 nitrogen and oxygen atoms in total. The lowest BCUT2D eigenvalue weighted by Gasteiger charge is -2.13. The van der Waals surface area contributed by atoms with Crippen molar-refractivity contribution in [1.29, 1.82) is 0 Å². The Balaban J connectivity index is 2.37. The number of nitrogens with zero attached hydrogens (tertiary/aromatic N) is 1. The van der Waals surface area contributed by atoms with Gasteiger partial charge in [-0.3, -0.25) is 4.99 Å². The molecule has 0 aliphatic carbocycles. The van der Waals surface area contributed by atoms with Gasteiger partial charge in [-0.2, -0.15) is 0 Å². The topological polar surface area (TPSA) is 45.6 Å². The molecular formula is C13H25N3O. The Hall–Kier alpha value is -1.03. The average molecular weight is 239 g/mol. The number of nitrogens with one attached hydrogen (secondary N) is 2. The molecule has 1 saturated heterocycles. The van der Waals surface area contributed by atoms with Gasteiger partial charge in [-0.05, 0) is 45.7 Å². The van der Waals surface area contributed by atoms with Gasteiger partial charge in [0.05, 0.1) is 6.61 Å². The van der Waals surface area contributed by atoms with Gasteiger partial charge in [0.25, 0.3) is 0 Å². The third-order valence-electron chi connectivity index (χ3n) is 3.39. The van der Waals surface area contributed by atoms with Crippen LogP contribution in [-0.2, 0) is 4.74 Å². The summed E-state index contributed by atoms with van der Waals surface area (Å²) in [4.78, 5) is 4.20. The molecule has 98 valence electrons. The lowest BCUT2D eigenvalue weighted by atomic mass is 10.1. The van der Waals surface area contributed by atoms with Gasteiger partial charge < -0.3 is 15.4 Å². The van der Waals surface area contributed by atoms with E-state index in [0.717, 1.165) is 49.2 Å². The highest BCUT2D eigenvalue weighted by atomic mass is 16.5. The highest BCUT2D eigenvalue weighted by Gasteiger charge is 2.14. The van der Waals surface area contributed by atoms with E-state index in [1.807, 2.05) is 20.9 Å².